The molecule has 2 aromatic heterocycles. The monoisotopic (exact) mass is 552 g/mol. The number of nitrogens with zero attached hydrogens (tertiary/aromatic N) is 7. The summed E-state index contributed by atoms with van der Waals surface area (Å²) in [5.74, 6) is 0.0166. The molecule has 0 radical (unpaired) electrons. The molecule has 0 aliphatic heterocycles. The van der Waals surface area contributed by atoms with Crippen LogP contribution in [0.5, 0.6) is 0 Å². The number of halogens is 1. The molecular weight excluding hydrogens is 515 g/mol. The van der Waals surface area contributed by atoms with Crippen LogP contribution in [0.4, 0.5) is 21.8 Å². The molecule has 0 fully saturated rings. The van der Waals surface area contributed by atoms with Crippen LogP contribution in [0.15, 0.2) is 48.8 Å². The number of hydrogen-bond acceptors (Lipinski definition) is 9. The highest BCUT2D eigenvalue weighted by Gasteiger charge is 2.20. The quantitative estimate of drug-likeness (QED) is 0.258. The van der Waals surface area contributed by atoms with Gasteiger partial charge in [-0.1, -0.05) is 24.3 Å². The van der Waals surface area contributed by atoms with Crippen molar-refractivity contribution in [2.45, 2.75) is 32.9 Å². The van der Waals surface area contributed by atoms with Crippen molar-refractivity contribution in [1.29, 1.82) is 0 Å². The molecule has 0 saturated heterocycles. The zero-order valence-corrected chi connectivity index (χ0v) is 23.6. The van der Waals surface area contributed by atoms with Crippen LogP contribution in [-0.2, 0) is 16.1 Å². The SMILES string of the molecule is CCCNc1nc(Nc2cccc(F)c2)ncc1-c1cn(CCNC(=O)C(C)N(C)C(=O)/C=C/CN(C)C)nn1. The van der Waals surface area contributed by atoms with Gasteiger partial charge < -0.3 is 25.8 Å². The first-order valence-electron chi connectivity index (χ1n) is 13.1. The third kappa shape index (κ3) is 8.83. The van der Waals surface area contributed by atoms with E-state index >= 15 is 0 Å². The molecule has 12 nitrogen and oxygen atoms in total. The summed E-state index contributed by atoms with van der Waals surface area (Å²) in [4.78, 5) is 37.1. The summed E-state index contributed by atoms with van der Waals surface area (Å²) in [5, 5.41) is 17.5. The summed E-state index contributed by atoms with van der Waals surface area (Å²) in [6.07, 6.45) is 7.49. The van der Waals surface area contributed by atoms with Gasteiger partial charge in [-0.25, -0.2) is 9.37 Å². The fourth-order valence-corrected chi connectivity index (χ4v) is 3.52. The van der Waals surface area contributed by atoms with Crippen LogP contribution >= 0.6 is 0 Å². The summed E-state index contributed by atoms with van der Waals surface area (Å²) in [6, 6.07) is 5.42. The lowest BCUT2D eigenvalue weighted by Crippen LogP contribution is -2.46. The Bertz CT molecular complexity index is 1310. The predicted octanol–water partition coefficient (Wildman–Crippen LogP) is 2.52. The van der Waals surface area contributed by atoms with Gasteiger partial charge in [-0.2, -0.15) is 4.98 Å². The molecule has 3 N–H and O–H groups in total. The Morgan fingerprint density at radius 2 is 2.00 bits per heavy atom. The second-order valence-corrected chi connectivity index (χ2v) is 9.47. The third-order valence-electron chi connectivity index (χ3n) is 5.91. The Morgan fingerprint density at radius 1 is 1.20 bits per heavy atom. The topological polar surface area (TPSA) is 133 Å². The Kier molecular flexibility index (Phi) is 11.1. The van der Waals surface area contributed by atoms with Gasteiger partial charge in [0.25, 0.3) is 0 Å². The predicted molar refractivity (Wildman–Crippen MR) is 152 cm³/mol. The van der Waals surface area contributed by atoms with E-state index in [1.807, 2.05) is 25.9 Å². The molecule has 1 atom stereocenters. The summed E-state index contributed by atoms with van der Waals surface area (Å²) < 4.78 is 15.2. The largest absolute Gasteiger partial charge is 0.369 e. The smallest absolute Gasteiger partial charge is 0.246 e. The van der Waals surface area contributed by atoms with Crippen molar-refractivity contribution < 1.29 is 14.0 Å². The second kappa shape index (κ2) is 14.7. The first kappa shape index (κ1) is 30.2. The molecule has 0 saturated carbocycles. The van der Waals surface area contributed by atoms with Crippen molar-refractivity contribution in [2.24, 2.45) is 0 Å². The van der Waals surface area contributed by atoms with Gasteiger partial charge >= 0.3 is 0 Å². The Labute approximate surface area is 233 Å². The molecule has 1 aromatic carbocycles. The molecule has 2 heterocycles. The molecule has 13 heteroatoms. The van der Waals surface area contributed by atoms with Crippen molar-refractivity contribution in [2.75, 3.05) is 51.4 Å². The van der Waals surface area contributed by atoms with Crippen molar-refractivity contribution in [3.63, 3.8) is 0 Å². The lowest BCUT2D eigenvalue weighted by molar-refractivity contribution is -0.135. The number of carbonyl (C=O) groups is 2. The van der Waals surface area contributed by atoms with Gasteiger partial charge in [0.2, 0.25) is 17.8 Å². The van der Waals surface area contributed by atoms with E-state index in [9.17, 15) is 14.0 Å². The van der Waals surface area contributed by atoms with Gasteiger partial charge in [0.1, 0.15) is 23.4 Å². The van der Waals surface area contributed by atoms with Crippen LogP contribution in [0.2, 0.25) is 0 Å². The zero-order chi connectivity index (χ0) is 29.1. The molecule has 0 spiro atoms. The van der Waals surface area contributed by atoms with E-state index < -0.39 is 6.04 Å². The lowest BCUT2D eigenvalue weighted by Gasteiger charge is -2.23. The van der Waals surface area contributed by atoms with E-state index in [-0.39, 0.29) is 17.6 Å². The van der Waals surface area contributed by atoms with E-state index in [2.05, 4.69) is 36.2 Å². The summed E-state index contributed by atoms with van der Waals surface area (Å²) in [6.45, 7) is 5.73. The van der Waals surface area contributed by atoms with Gasteiger partial charge in [-0.05, 0) is 45.6 Å². The minimum absolute atomic E-state index is 0.239. The molecule has 0 aliphatic carbocycles. The van der Waals surface area contributed by atoms with Crippen LogP contribution in [0, 0.1) is 5.82 Å². The average Bonchev–Trinajstić information content (AvgIpc) is 3.39. The molecule has 40 heavy (non-hydrogen) atoms. The van der Waals surface area contributed by atoms with E-state index in [0.29, 0.717) is 54.9 Å². The number of benzene rings is 1. The first-order valence-corrected chi connectivity index (χ1v) is 13.1. The van der Waals surface area contributed by atoms with E-state index in [4.69, 9.17) is 0 Å². The number of aromatic nitrogens is 5. The van der Waals surface area contributed by atoms with Crippen LogP contribution < -0.4 is 16.0 Å². The summed E-state index contributed by atoms with van der Waals surface area (Å²) in [7, 11) is 5.42. The minimum atomic E-state index is -0.633. The summed E-state index contributed by atoms with van der Waals surface area (Å²) >= 11 is 0. The van der Waals surface area contributed by atoms with Crippen molar-refractivity contribution in [3.8, 4) is 11.3 Å². The maximum atomic E-state index is 13.6. The van der Waals surface area contributed by atoms with Crippen LogP contribution in [0.1, 0.15) is 20.3 Å². The molecule has 3 rings (SSSR count). The molecule has 2 amide bonds. The van der Waals surface area contributed by atoms with Gasteiger partial charge in [-0.3, -0.25) is 14.3 Å². The maximum Gasteiger partial charge on any atom is 0.246 e. The fraction of sp³-hybridized carbons (Fsp3) is 0.407. The lowest BCUT2D eigenvalue weighted by atomic mass is 10.2. The molecule has 1 unspecified atom stereocenters. The van der Waals surface area contributed by atoms with E-state index in [0.717, 1.165) is 6.42 Å². The van der Waals surface area contributed by atoms with Crippen LogP contribution in [-0.4, -0.2) is 93.4 Å². The Morgan fingerprint density at radius 3 is 2.73 bits per heavy atom. The number of carbonyl (C=O) groups excluding carboxylic acids is 2. The fourth-order valence-electron chi connectivity index (χ4n) is 3.52. The Hall–Kier alpha value is -4.39. The first-order chi connectivity index (χ1) is 19.2. The number of likely N-dealkylation sites (N-methyl/N-ethyl adjacent to an activating group) is 2. The molecular formula is C27H37FN10O2. The zero-order valence-electron chi connectivity index (χ0n) is 23.6. The highest BCUT2D eigenvalue weighted by molar-refractivity contribution is 5.92. The molecule has 3 aromatic rings. The van der Waals surface area contributed by atoms with Gasteiger partial charge in [0, 0.05) is 44.6 Å². The van der Waals surface area contributed by atoms with Gasteiger partial charge in [0.05, 0.1) is 18.3 Å². The standard InChI is InChI=1S/C27H37FN10O2/c1-6-12-29-25-22(17-31-27(33-25)32-21-10-7-9-20(28)16-21)23-18-38(35-34-23)15-13-30-26(40)19(2)37(5)24(39)11-8-14-36(3)4/h7-11,16-19H,6,12-15H2,1-5H3,(H,30,40)(H2,29,31,32,33)/b11-8+. The highest BCUT2D eigenvalue weighted by atomic mass is 19.1. The number of anilines is 3. The molecule has 0 aliphatic rings. The number of hydrogen-bond donors (Lipinski definition) is 3. The maximum absolute atomic E-state index is 13.6. The average molecular weight is 553 g/mol. The van der Waals surface area contributed by atoms with E-state index in [1.54, 1.807) is 49.3 Å². The number of rotatable bonds is 14. The number of amides is 2. The Balaban J connectivity index is 1.60. The molecule has 214 valence electrons. The number of nitrogens with one attached hydrogen (secondary N) is 3. The minimum Gasteiger partial charge on any atom is -0.369 e. The second-order valence-electron chi connectivity index (χ2n) is 9.47. The normalized spacial score (nSPS) is 12.0. The third-order valence-corrected chi connectivity index (χ3v) is 5.91. The van der Waals surface area contributed by atoms with Crippen LogP contribution in [0.25, 0.3) is 11.3 Å². The van der Waals surface area contributed by atoms with Crippen molar-refractivity contribution in [1.82, 2.24) is 40.1 Å². The van der Waals surface area contributed by atoms with Crippen LogP contribution in [0.3, 0.4) is 0 Å². The molecule has 0 bridgehead atoms. The van der Waals surface area contributed by atoms with E-state index in [1.165, 1.54) is 23.1 Å². The van der Waals surface area contributed by atoms with Gasteiger partial charge in [0.15, 0.2) is 0 Å². The van der Waals surface area contributed by atoms with Crippen molar-refractivity contribution >= 4 is 29.3 Å². The summed E-state index contributed by atoms with van der Waals surface area (Å²) in [5.41, 5.74) is 1.75. The highest BCUT2D eigenvalue weighted by Crippen LogP contribution is 2.26. The van der Waals surface area contributed by atoms with Crippen molar-refractivity contribution in [3.05, 3.63) is 54.6 Å². The van der Waals surface area contributed by atoms with Gasteiger partial charge in [-0.15, -0.1) is 5.10 Å².